The zero-order chi connectivity index (χ0) is 24.0. The third-order valence-corrected chi connectivity index (χ3v) is 5.49. The van der Waals surface area contributed by atoms with Gasteiger partial charge in [0.15, 0.2) is 23.1 Å². The fourth-order valence-corrected chi connectivity index (χ4v) is 3.73. The summed E-state index contributed by atoms with van der Waals surface area (Å²) in [4.78, 5) is 25.7. The van der Waals surface area contributed by atoms with Crippen LogP contribution >= 0.6 is 0 Å². The number of benzene rings is 2. The molecule has 0 aromatic heterocycles. The Kier molecular flexibility index (Phi) is 5.82. The molecule has 7 N–H and O–H groups in total. The fourth-order valence-electron chi connectivity index (χ4n) is 3.73. The molecule has 2 aromatic carbocycles. The van der Waals surface area contributed by atoms with E-state index in [9.17, 15) is 45.3 Å². The highest BCUT2D eigenvalue weighted by Gasteiger charge is 2.45. The molecule has 0 unspecified atom stereocenters. The standard InChI is InChI=1S/C22H20O11/c23-7-16-19(29)20(30)21(31)22(33-16)32-9-4-11-17(14(26)5-9)15(27)6-10(18(11)28)8-1-2-12(24)13(25)3-8/h1-6,16,19-26,29-31H,7H2/t16-,19-,20+,21-,22-/m1/s1. The first-order valence-electron chi connectivity index (χ1n) is 9.79. The van der Waals surface area contributed by atoms with Gasteiger partial charge in [-0.1, -0.05) is 6.07 Å². The van der Waals surface area contributed by atoms with E-state index in [0.717, 1.165) is 30.3 Å². The average molecular weight is 460 g/mol. The molecule has 11 heteroatoms. The topological polar surface area (TPSA) is 194 Å². The van der Waals surface area contributed by atoms with Crippen molar-refractivity contribution in [2.24, 2.45) is 0 Å². The van der Waals surface area contributed by atoms with Crippen molar-refractivity contribution in [2.75, 3.05) is 6.61 Å². The highest BCUT2D eigenvalue weighted by Crippen LogP contribution is 2.38. The molecule has 0 spiro atoms. The highest BCUT2D eigenvalue weighted by atomic mass is 16.7. The number of aromatic hydroxyl groups is 3. The van der Waals surface area contributed by atoms with Gasteiger partial charge in [-0.15, -0.1) is 0 Å². The maximum atomic E-state index is 13.1. The molecule has 0 radical (unpaired) electrons. The molecule has 1 saturated heterocycles. The largest absolute Gasteiger partial charge is 0.507 e. The monoisotopic (exact) mass is 460 g/mol. The molecule has 0 amide bonds. The number of fused-ring (bicyclic) bond motifs is 1. The van der Waals surface area contributed by atoms with Crippen LogP contribution in [0.5, 0.6) is 23.0 Å². The molecule has 2 aliphatic rings. The summed E-state index contributed by atoms with van der Waals surface area (Å²) in [5.41, 5.74) is -0.473. The first-order valence-corrected chi connectivity index (χ1v) is 9.79. The number of carbonyl (C=O) groups excluding carboxylic acids is 2. The first kappa shape index (κ1) is 22.7. The normalized spacial score (nSPS) is 27.2. The van der Waals surface area contributed by atoms with Crippen molar-refractivity contribution in [1.82, 2.24) is 0 Å². The molecule has 5 atom stereocenters. The number of rotatable bonds is 4. The Morgan fingerprint density at radius 3 is 2.27 bits per heavy atom. The lowest BCUT2D eigenvalue weighted by molar-refractivity contribution is -0.277. The van der Waals surface area contributed by atoms with E-state index >= 15 is 0 Å². The predicted octanol–water partition coefficient (Wildman–Crippen LogP) is -0.555. The summed E-state index contributed by atoms with van der Waals surface area (Å²) in [5.74, 6) is -3.08. The van der Waals surface area contributed by atoms with E-state index in [2.05, 4.69) is 0 Å². The number of aliphatic hydroxyl groups is 4. The first-order chi connectivity index (χ1) is 15.6. The number of phenols is 3. The zero-order valence-corrected chi connectivity index (χ0v) is 16.8. The minimum atomic E-state index is -1.73. The maximum Gasteiger partial charge on any atom is 0.229 e. The van der Waals surface area contributed by atoms with Crippen molar-refractivity contribution in [3.63, 3.8) is 0 Å². The molecule has 11 nitrogen and oxygen atoms in total. The number of Topliss-reactive ketones (excluding diaryl/α,β-unsaturated/α-hetero) is 1. The van der Waals surface area contributed by atoms with Crippen molar-refractivity contribution in [3.05, 3.63) is 53.1 Å². The Hall–Kier alpha value is -3.48. The Morgan fingerprint density at radius 2 is 1.61 bits per heavy atom. The van der Waals surface area contributed by atoms with Crippen LogP contribution in [0.15, 0.2) is 36.4 Å². The summed E-state index contributed by atoms with van der Waals surface area (Å²) in [6, 6.07) is 5.71. The van der Waals surface area contributed by atoms with Crippen LogP contribution in [0, 0.1) is 0 Å². The lowest BCUT2D eigenvalue weighted by Crippen LogP contribution is -2.60. The van der Waals surface area contributed by atoms with E-state index in [1.807, 2.05) is 0 Å². The van der Waals surface area contributed by atoms with Crippen LogP contribution in [0.3, 0.4) is 0 Å². The summed E-state index contributed by atoms with van der Waals surface area (Å²) < 4.78 is 10.7. The molecule has 0 saturated carbocycles. The highest BCUT2D eigenvalue weighted by molar-refractivity contribution is 6.39. The van der Waals surface area contributed by atoms with Crippen LogP contribution < -0.4 is 4.74 Å². The Bertz CT molecular complexity index is 1150. The summed E-state index contributed by atoms with van der Waals surface area (Å²) in [7, 11) is 0. The average Bonchev–Trinajstić information content (AvgIpc) is 2.78. The van der Waals surface area contributed by atoms with Gasteiger partial charge in [-0.3, -0.25) is 9.59 Å². The molecule has 33 heavy (non-hydrogen) atoms. The number of ketones is 2. The third kappa shape index (κ3) is 3.92. The Balaban J connectivity index is 1.68. The number of hydrogen-bond donors (Lipinski definition) is 7. The minimum absolute atomic E-state index is 0.104. The van der Waals surface area contributed by atoms with Gasteiger partial charge in [-0.25, -0.2) is 0 Å². The van der Waals surface area contributed by atoms with Crippen molar-refractivity contribution in [3.8, 4) is 23.0 Å². The van der Waals surface area contributed by atoms with Crippen molar-refractivity contribution in [2.45, 2.75) is 30.7 Å². The van der Waals surface area contributed by atoms with Gasteiger partial charge in [-0.05, 0) is 29.8 Å². The lowest BCUT2D eigenvalue weighted by Gasteiger charge is -2.39. The summed E-state index contributed by atoms with van der Waals surface area (Å²) in [5, 5.41) is 68.8. The number of hydrogen-bond acceptors (Lipinski definition) is 11. The number of ether oxygens (including phenoxy) is 2. The Morgan fingerprint density at radius 1 is 0.879 bits per heavy atom. The van der Waals surface area contributed by atoms with Crippen LogP contribution in [-0.2, 0) is 4.74 Å². The van der Waals surface area contributed by atoms with Gasteiger partial charge in [-0.2, -0.15) is 0 Å². The molecular weight excluding hydrogens is 440 g/mol. The molecule has 2 aromatic rings. The second kappa shape index (κ2) is 8.46. The summed E-state index contributed by atoms with van der Waals surface area (Å²) in [6.45, 7) is -0.680. The lowest BCUT2D eigenvalue weighted by atomic mass is 9.85. The second-order valence-electron chi connectivity index (χ2n) is 7.63. The minimum Gasteiger partial charge on any atom is -0.507 e. The van der Waals surface area contributed by atoms with Gasteiger partial charge >= 0.3 is 0 Å². The summed E-state index contributed by atoms with van der Waals surface area (Å²) >= 11 is 0. The van der Waals surface area contributed by atoms with E-state index in [-0.39, 0.29) is 28.0 Å². The number of allylic oxidation sites excluding steroid dienone is 2. The molecular formula is C22H20O11. The number of aliphatic hydroxyl groups excluding tert-OH is 4. The second-order valence-corrected chi connectivity index (χ2v) is 7.63. The van der Waals surface area contributed by atoms with Crippen LogP contribution in [0.2, 0.25) is 0 Å². The van der Waals surface area contributed by atoms with Gasteiger partial charge in [0, 0.05) is 17.2 Å². The van der Waals surface area contributed by atoms with Crippen LogP contribution in [-0.4, -0.2) is 84.6 Å². The molecule has 1 aliphatic heterocycles. The van der Waals surface area contributed by atoms with Gasteiger partial charge in [0.05, 0.1) is 12.2 Å². The van der Waals surface area contributed by atoms with Gasteiger partial charge in [0.25, 0.3) is 0 Å². The zero-order valence-electron chi connectivity index (χ0n) is 16.8. The van der Waals surface area contributed by atoms with Crippen molar-refractivity contribution in [1.29, 1.82) is 0 Å². The van der Waals surface area contributed by atoms with E-state index in [0.29, 0.717) is 0 Å². The van der Waals surface area contributed by atoms with E-state index in [4.69, 9.17) is 9.47 Å². The van der Waals surface area contributed by atoms with Gasteiger partial charge < -0.3 is 45.2 Å². The molecule has 174 valence electrons. The smallest absolute Gasteiger partial charge is 0.229 e. The molecule has 1 aliphatic carbocycles. The van der Waals surface area contributed by atoms with Crippen molar-refractivity contribution < 1.29 is 54.8 Å². The van der Waals surface area contributed by atoms with Crippen LogP contribution in [0.4, 0.5) is 0 Å². The fraction of sp³-hybridized carbons (Fsp3) is 0.273. The van der Waals surface area contributed by atoms with Crippen molar-refractivity contribution >= 4 is 17.1 Å². The molecule has 0 bridgehead atoms. The number of carbonyl (C=O) groups is 2. The van der Waals surface area contributed by atoms with Crippen LogP contribution in [0.25, 0.3) is 5.57 Å². The van der Waals surface area contributed by atoms with E-state index < -0.39 is 66.1 Å². The molecule has 1 fully saturated rings. The third-order valence-electron chi connectivity index (χ3n) is 5.49. The maximum absolute atomic E-state index is 13.1. The van der Waals surface area contributed by atoms with E-state index in [1.54, 1.807) is 0 Å². The molecule has 4 rings (SSSR count). The molecule has 1 heterocycles. The number of phenolic OH excluding ortho intramolecular Hbond substituents is 3. The SMILES string of the molecule is O=C1C(c2ccc(O)c(O)c2)=CC(=O)c2c(O)cc(O[C@@H]3O[C@H](CO)[C@@H](O)[C@H](O)[C@H]3O)cc21. The quantitative estimate of drug-likeness (QED) is 0.289. The van der Waals surface area contributed by atoms with Gasteiger partial charge in [0.1, 0.15) is 35.9 Å². The Labute approximate surface area is 186 Å². The van der Waals surface area contributed by atoms with Gasteiger partial charge in [0.2, 0.25) is 6.29 Å². The summed E-state index contributed by atoms with van der Waals surface area (Å²) in [6.07, 6.45) is -6.85. The van der Waals surface area contributed by atoms with Crippen LogP contribution in [0.1, 0.15) is 26.3 Å². The van der Waals surface area contributed by atoms with E-state index in [1.165, 1.54) is 6.07 Å². The predicted molar refractivity (Wildman–Crippen MR) is 109 cm³/mol.